The first-order valence-electron chi connectivity index (χ1n) is 7.70. The quantitative estimate of drug-likeness (QED) is 0.875. The molecule has 20 heavy (non-hydrogen) atoms. The van der Waals surface area contributed by atoms with E-state index in [2.05, 4.69) is 52.8 Å². The van der Waals surface area contributed by atoms with Crippen LogP contribution in [0.5, 0.6) is 5.75 Å². The lowest BCUT2D eigenvalue weighted by Gasteiger charge is -2.39. The van der Waals surface area contributed by atoms with Crippen LogP contribution in [-0.2, 0) is 5.41 Å². The molecule has 112 valence electrons. The number of benzene rings is 1. The highest BCUT2D eigenvalue weighted by atomic mass is 16.5. The van der Waals surface area contributed by atoms with Crippen LogP contribution in [-0.4, -0.2) is 12.1 Å². The van der Waals surface area contributed by atoms with Gasteiger partial charge >= 0.3 is 0 Å². The molecule has 2 nitrogen and oxygen atoms in total. The van der Waals surface area contributed by atoms with Crippen molar-refractivity contribution in [3.8, 4) is 5.75 Å². The van der Waals surface area contributed by atoms with Crippen molar-refractivity contribution in [2.75, 3.05) is 0 Å². The molecule has 2 heteroatoms. The van der Waals surface area contributed by atoms with Gasteiger partial charge in [-0.25, -0.2) is 0 Å². The molecule has 0 spiro atoms. The Labute approximate surface area is 123 Å². The Morgan fingerprint density at radius 3 is 2.60 bits per heavy atom. The molecule has 2 atom stereocenters. The molecule has 0 heterocycles. The summed E-state index contributed by atoms with van der Waals surface area (Å²) < 4.78 is 6.21. The maximum atomic E-state index is 6.25. The van der Waals surface area contributed by atoms with Crippen LogP contribution in [0.15, 0.2) is 24.3 Å². The summed E-state index contributed by atoms with van der Waals surface area (Å²) in [6.45, 7) is 11.3. The van der Waals surface area contributed by atoms with Gasteiger partial charge in [0.15, 0.2) is 0 Å². The lowest BCUT2D eigenvalue weighted by Crippen LogP contribution is -2.46. The van der Waals surface area contributed by atoms with Gasteiger partial charge in [0.25, 0.3) is 0 Å². The smallest absolute Gasteiger partial charge is 0.120 e. The molecular weight excluding hydrogens is 246 g/mol. The molecule has 1 fully saturated rings. The second kappa shape index (κ2) is 5.40. The molecular formula is C18H29NO. The third-order valence-electron chi connectivity index (χ3n) is 4.37. The molecule has 0 radical (unpaired) electrons. The van der Waals surface area contributed by atoms with E-state index in [0.717, 1.165) is 18.6 Å². The standard InChI is InChI=1S/C18H29NO/c1-17(2,3)13-7-6-8-14(11-13)20-16-12-18(4,5)10-9-15(16)19/h6-8,11,15-16H,9-10,12,19H2,1-5H3. The number of rotatable bonds is 2. The van der Waals surface area contributed by atoms with Gasteiger partial charge in [-0.2, -0.15) is 0 Å². The van der Waals surface area contributed by atoms with Crippen LogP contribution in [0.1, 0.15) is 59.4 Å². The highest BCUT2D eigenvalue weighted by Crippen LogP contribution is 2.37. The van der Waals surface area contributed by atoms with E-state index < -0.39 is 0 Å². The molecule has 2 unspecified atom stereocenters. The van der Waals surface area contributed by atoms with Crippen LogP contribution in [0.25, 0.3) is 0 Å². The lowest BCUT2D eigenvalue weighted by atomic mass is 9.74. The summed E-state index contributed by atoms with van der Waals surface area (Å²) in [5.41, 5.74) is 8.03. The largest absolute Gasteiger partial charge is 0.489 e. The van der Waals surface area contributed by atoms with Crippen LogP contribution in [0, 0.1) is 5.41 Å². The second-order valence-corrected chi connectivity index (χ2v) is 8.01. The molecule has 0 aromatic heterocycles. The summed E-state index contributed by atoms with van der Waals surface area (Å²) in [4.78, 5) is 0. The summed E-state index contributed by atoms with van der Waals surface area (Å²) in [5.74, 6) is 0.954. The first-order chi connectivity index (χ1) is 9.17. The summed E-state index contributed by atoms with van der Waals surface area (Å²) in [5, 5.41) is 0. The monoisotopic (exact) mass is 275 g/mol. The first kappa shape index (κ1) is 15.4. The fraction of sp³-hybridized carbons (Fsp3) is 0.667. The molecule has 1 aliphatic carbocycles. The minimum Gasteiger partial charge on any atom is -0.489 e. The Kier molecular flexibility index (Phi) is 4.15. The zero-order valence-electron chi connectivity index (χ0n) is 13.6. The Balaban J connectivity index is 2.13. The fourth-order valence-electron chi connectivity index (χ4n) is 2.88. The van der Waals surface area contributed by atoms with E-state index in [1.165, 1.54) is 12.0 Å². The molecule has 2 rings (SSSR count). The normalized spacial score (nSPS) is 26.3. The Morgan fingerprint density at radius 2 is 1.95 bits per heavy atom. The van der Waals surface area contributed by atoms with Crippen molar-refractivity contribution < 1.29 is 4.74 Å². The van der Waals surface area contributed by atoms with Gasteiger partial charge in [-0.1, -0.05) is 46.8 Å². The molecule has 0 amide bonds. The van der Waals surface area contributed by atoms with Crippen molar-refractivity contribution in [1.82, 2.24) is 0 Å². The van der Waals surface area contributed by atoms with Crippen molar-refractivity contribution in [3.63, 3.8) is 0 Å². The second-order valence-electron chi connectivity index (χ2n) is 8.01. The van der Waals surface area contributed by atoms with Gasteiger partial charge in [-0.15, -0.1) is 0 Å². The molecule has 1 aromatic rings. The highest BCUT2D eigenvalue weighted by Gasteiger charge is 2.34. The van der Waals surface area contributed by atoms with E-state index in [4.69, 9.17) is 10.5 Å². The minimum absolute atomic E-state index is 0.133. The van der Waals surface area contributed by atoms with E-state index in [1.807, 2.05) is 6.07 Å². The van der Waals surface area contributed by atoms with E-state index in [-0.39, 0.29) is 17.6 Å². The predicted octanol–water partition coefficient (Wildman–Crippen LogP) is 4.27. The Bertz CT molecular complexity index is 459. The molecule has 2 N–H and O–H groups in total. The van der Waals surface area contributed by atoms with E-state index in [9.17, 15) is 0 Å². The highest BCUT2D eigenvalue weighted by molar-refractivity contribution is 5.32. The number of ether oxygens (including phenoxy) is 1. The van der Waals surface area contributed by atoms with E-state index >= 15 is 0 Å². The molecule has 0 aliphatic heterocycles. The third kappa shape index (κ3) is 3.76. The summed E-state index contributed by atoms with van der Waals surface area (Å²) in [7, 11) is 0. The third-order valence-corrected chi connectivity index (χ3v) is 4.37. The van der Waals surface area contributed by atoms with Crippen LogP contribution < -0.4 is 10.5 Å². The van der Waals surface area contributed by atoms with Gasteiger partial charge < -0.3 is 10.5 Å². The summed E-state index contributed by atoms with van der Waals surface area (Å²) >= 11 is 0. The molecule has 0 saturated heterocycles. The van der Waals surface area contributed by atoms with Gasteiger partial charge in [-0.3, -0.25) is 0 Å². The minimum atomic E-state index is 0.133. The number of hydrogen-bond acceptors (Lipinski definition) is 2. The van der Waals surface area contributed by atoms with E-state index in [0.29, 0.717) is 5.41 Å². The summed E-state index contributed by atoms with van der Waals surface area (Å²) in [6, 6.07) is 8.60. The maximum absolute atomic E-state index is 6.25. The van der Waals surface area contributed by atoms with Gasteiger partial charge in [-0.05, 0) is 47.8 Å². The topological polar surface area (TPSA) is 35.2 Å². The zero-order valence-corrected chi connectivity index (χ0v) is 13.6. The fourth-order valence-corrected chi connectivity index (χ4v) is 2.88. The van der Waals surface area contributed by atoms with Crippen LogP contribution >= 0.6 is 0 Å². The van der Waals surface area contributed by atoms with Crippen LogP contribution in [0.4, 0.5) is 0 Å². The number of hydrogen-bond donors (Lipinski definition) is 1. The van der Waals surface area contributed by atoms with Gasteiger partial charge in [0.1, 0.15) is 11.9 Å². The van der Waals surface area contributed by atoms with Crippen molar-refractivity contribution in [2.24, 2.45) is 11.1 Å². The number of nitrogens with two attached hydrogens (primary N) is 1. The SMILES string of the molecule is CC1(C)CCC(N)C(Oc2cccc(C(C)(C)C)c2)C1. The molecule has 0 bridgehead atoms. The van der Waals surface area contributed by atoms with E-state index in [1.54, 1.807) is 0 Å². The van der Waals surface area contributed by atoms with Crippen molar-refractivity contribution >= 4 is 0 Å². The van der Waals surface area contributed by atoms with Crippen LogP contribution in [0.2, 0.25) is 0 Å². The van der Waals surface area contributed by atoms with Gasteiger partial charge in [0.2, 0.25) is 0 Å². The maximum Gasteiger partial charge on any atom is 0.120 e. The first-order valence-corrected chi connectivity index (χ1v) is 7.70. The van der Waals surface area contributed by atoms with Crippen molar-refractivity contribution in [2.45, 2.75) is 71.4 Å². The van der Waals surface area contributed by atoms with Crippen LogP contribution in [0.3, 0.4) is 0 Å². The molecule has 1 aromatic carbocycles. The molecule has 1 saturated carbocycles. The average molecular weight is 275 g/mol. The predicted molar refractivity (Wildman–Crippen MR) is 85.2 cm³/mol. The summed E-state index contributed by atoms with van der Waals surface area (Å²) in [6.07, 6.45) is 3.41. The Hall–Kier alpha value is -1.02. The van der Waals surface area contributed by atoms with Gasteiger partial charge in [0.05, 0.1) is 0 Å². The molecule has 1 aliphatic rings. The lowest BCUT2D eigenvalue weighted by molar-refractivity contribution is 0.0668. The van der Waals surface area contributed by atoms with Crippen molar-refractivity contribution in [3.05, 3.63) is 29.8 Å². The zero-order chi connectivity index (χ0) is 15.0. The average Bonchev–Trinajstić information content (AvgIpc) is 2.33. The van der Waals surface area contributed by atoms with Gasteiger partial charge in [0, 0.05) is 6.04 Å². The Morgan fingerprint density at radius 1 is 1.25 bits per heavy atom. The van der Waals surface area contributed by atoms with Crippen molar-refractivity contribution in [1.29, 1.82) is 0 Å².